The Morgan fingerprint density at radius 3 is 2.83 bits per heavy atom. The third-order valence-electron chi connectivity index (χ3n) is 8.10. The van der Waals surface area contributed by atoms with Crippen LogP contribution in [0.2, 0.25) is 0 Å². The molecule has 41 heavy (non-hydrogen) atoms. The van der Waals surface area contributed by atoms with Crippen molar-refractivity contribution in [3.05, 3.63) is 59.3 Å². The molecule has 0 unspecified atom stereocenters. The number of imidazole rings is 1. The summed E-state index contributed by atoms with van der Waals surface area (Å²) in [6.45, 7) is 2.88. The predicted octanol–water partition coefficient (Wildman–Crippen LogP) is 4.17. The molecule has 2 aliphatic rings. The molecule has 5 aromatic rings. The van der Waals surface area contributed by atoms with Crippen molar-refractivity contribution >= 4 is 27.8 Å². The van der Waals surface area contributed by atoms with Crippen molar-refractivity contribution in [2.24, 2.45) is 18.7 Å². The van der Waals surface area contributed by atoms with E-state index in [0.29, 0.717) is 36.2 Å². The van der Waals surface area contributed by atoms with Crippen LogP contribution in [0, 0.1) is 12.8 Å². The summed E-state index contributed by atoms with van der Waals surface area (Å²) in [7, 11) is 2.02. The van der Waals surface area contributed by atoms with Gasteiger partial charge in [0.05, 0.1) is 28.3 Å². The van der Waals surface area contributed by atoms with E-state index in [-0.39, 0.29) is 19.1 Å². The summed E-state index contributed by atoms with van der Waals surface area (Å²) in [5.41, 5.74) is 11.1. The minimum absolute atomic E-state index is 0.120. The fourth-order valence-electron chi connectivity index (χ4n) is 5.83. The van der Waals surface area contributed by atoms with Crippen LogP contribution in [-0.4, -0.2) is 60.9 Å². The number of fused-ring (bicyclic) bond motifs is 3. The number of hydrogen-bond donors (Lipinski definition) is 1. The van der Waals surface area contributed by atoms with E-state index in [0.717, 1.165) is 51.3 Å². The van der Waals surface area contributed by atoms with Crippen molar-refractivity contribution < 1.29 is 18.3 Å². The topological polar surface area (TPSA) is 117 Å². The maximum absolute atomic E-state index is 13.3. The molecule has 2 N–H and O–H groups in total. The zero-order valence-electron chi connectivity index (χ0n) is 23.1. The highest BCUT2D eigenvalue weighted by Crippen LogP contribution is 2.39. The van der Waals surface area contributed by atoms with Crippen LogP contribution in [0.5, 0.6) is 5.75 Å². The van der Waals surface area contributed by atoms with Crippen LogP contribution in [0.1, 0.15) is 40.5 Å². The fourth-order valence-corrected chi connectivity index (χ4v) is 5.83. The number of alkyl halides is 1. The second-order valence-electron chi connectivity index (χ2n) is 11.2. The van der Waals surface area contributed by atoms with E-state index in [1.54, 1.807) is 11.8 Å². The smallest absolute Gasteiger partial charge is 0.254 e. The van der Waals surface area contributed by atoms with Crippen LogP contribution >= 0.6 is 0 Å². The Hall–Kier alpha value is -4.25. The van der Waals surface area contributed by atoms with E-state index in [4.69, 9.17) is 19.9 Å². The first-order chi connectivity index (χ1) is 19.9. The van der Waals surface area contributed by atoms with Gasteiger partial charge in [-0.15, -0.1) is 10.2 Å². The lowest BCUT2D eigenvalue weighted by atomic mass is 9.97. The van der Waals surface area contributed by atoms with Gasteiger partial charge < -0.3 is 28.9 Å². The summed E-state index contributed by atoms with van der Waals surface area (Å²) >= 11 is 0. The van der Waals surface area contributed by atoms with Gasteiger partial charge in [0.1, 0.15) is 12.4 Å². The number of carbonyl (C=O) groups is 1. The molecule has 4 heterocycles. The van der Waals surface area contributed by atoms with Gasteiger partial charge in [0.25, 0.3) is 11.8 Å². The van der Waals surface area contributed by atoms with Crippen molar-refractivity contribution in [2.45, 2.75) is 45.4 Å². The quantitative estimate of drug-likeness (QED) is 0.289. The lowest BCUT2D eigenvalue weighted by Gasteiger charge is -2.30. The Morgan fingerprint density at radius 1 is 1.22 bits per heavy atom. The van der Waals surface area contributed by atoms with Crippen molar-refractivity contribution in [3.8, 4) is 17.3 Å². The van der Waals surface area contributed by atoms with Gasteiger partial charge in [-0.05, 0) is 55.0 Å². The number of nitrogens with zero attached hydrogens (tertiary/aromatic N) is 6. The molecule has 212 valence electrons. The summed E-state index contributed by atoms with van der Waals surface area (Å²) in [5, 5.41) is 9.01. The summed E-state index contributed by atoms with van der Waals surface area (Å²) in [6, 6.07) is 11.5. The number of amides is 1. The Bertz CT molecular complexity index is 1780. The lowest BCUT2D eigenvalue weighted by molar-refractivity contribution is 0.0725. The molecule has 1 aliphatic carbocycles. The molecule has 1 atom stereocenters. The number of carbonyl (C=O) groups excluding carboxylic acids is 1. The van der Waals surface area contributed by atoms with Crippen LogP contribution in [0.3, 0.4) is 0 Å². The third kappa shape index (κ3) is 4.63. The Kier molecular flexibility index (Phi) is 6.26. The van der Waals surface area contributed by atoms with Gasteiger partial charge in [-0.3, -0.25) is 4.79 Å². The number of benzene rings is 2. The van der Waals surface area contributed by atoms with Gasteiger partial charge in [-0.25, -0.2) is 9.37 Å². The zero-order valence-corrected chi connectivity index (χ0v) is 23.1. The number of aryl methyl sites for hydroxylation is 2. The number of hydrogen-bond acceptors (Lipinski definition) is 7. The summed E-state index contributed by atoms with van der Waals surface area (Å²) in [4.78, 5) is 20.0. The molecule has 0 bridgehead atoms. The molecule has 2 aromatic carbocycles. The van der Waals surface area contributed by atoms with Gasteiger partial charge in [0.2, 0.25) is 5.89 Å². The van der Waals surface area contributed by atoms with E-state index in [9.17, 15) is 9.18 Å². The highest BCUT2D eigenvalue weighted by molar-refractivity contribution is 6.01. The largest absolute Gasteiger partial charge is 0.482 e. The number of halogens is 1. The first kappa shape index (κ1) is 25.7. The van der Waals surface area contributed by atoms with Crippen LogP contribution in [0.25, 0.3) is 33.5 Å². The number of rotatable bonds is 9. The molecule has 1 fully saturated rings. The van der Waals surface area contributed by atoms with Gasteiger partial charge >= 0.3 is 0 Å². The summed E-state index contributed by atoms with van der Waals surface area (Å²) in [5.74, 6) is 2.99. The number of para-hydroxylation sites is 1. The maximum Gasteiger partial charge on any atom is 0.254 e. The standard InChI is InChI=1S/C30H32FN7O3/c1-17-34-35-27(41-17)16-40-26-5-3-4-20-11-25(38(28(20)26)14-18-6-7-18)29-33-23-12-22-19(10-24(23)36(29)2)8-9-37(30(22)39)15-21(32)13-31/h3-5,10-12,18,21H,6-9,13-16,32H2,1-2H3/t21-/m1/s1. The molecule has 0 saturated heterocycles. The second-order valence-corrected chi connectivity index (χ2v) is 11.2. The van der Waals surface area contributed by atoms with Crippen molar-refractivity contribution in [1.29, 1.82) is 0 Å². The van der Waals surface area contributed by atoms with Gasteiger partial charge in [-0.1, -0.05) is 12.1 Å². The monoisotopic (exact) mass is 557 g/mol. The van der Waals surface area contributed by atoms with Crippen LogP contribution in [-0.2, 0) is 26.6 Å². The predicted molar refractivity (Wildman–Crippen MR) is 151 cm³/mol. The molecule has 1 saturated carbocycles. The van der Waals surface area contributed by atoms with Crippen molar-refractivity contribution in [3.63, 3.8) is 0 Å². The van der Waals surface area contributed by atoms with Crippen LogP contribution in [0.15, 0.2) is 40.8 Å². The first-order valence-corrected chi connectivity index (χ1v) is 14.0. The average Bonchev–Trinajstić information content (AvgIpc) is 3.45. The van der Waals surface area contributed by atoms with Crippen molar-refractivity contribution in [2.75, 3.05) is 19.8 Å². The van der Waals surface area contributed by atoms with Gasteiger partial charge in [-0.2, -0.15) is 0 Å². The number of ether oxygens (including phenoxy) is 1. The van der Waals surface area contributed by atoms with Gasteiger partial charge in [0, 0.05) is 44.6 Å². The van der Waals surface area contributed by atoms with E-state index >= 15 is 0 Å². The van der Waals surface area contributed by atoms with Crippen LogP contribution < -0.4 is 10.5 Å². The molecule has 11 heteroatoms. The van der Waals surface area contributed by atoms with E-state index in [2.05, 4.69) is 37.5 Å². The lowest BCUT2D eigenvalue weighted by Crippen LogP contribution is -2.45. The summed E-state index contributed by atoms with van der Waals surface area (Å²) in [6.07, 6.45) is 3.09. The minimum Gasteiger partial charge on any atom is -0.482 e. The maximum atomic E-state index is 13.3. The molecule has 10 nitrogen and oxygen atoms in total. The van der Waals surface area contributed by atoms with Crippen LogP contribution in [0.4, 0.5) is 4.39 Å². The van der Waals surface area contributed by atoms with E-state index < -0.39 is 12.7 Å². The van der Waals surface area contributed by atoms with E-state index in [1.165, 1.54) is 12.8 Å². The molecule has 0 spiro atoms. The molecule has 7 rings (SSSR count). The molecular formula is C30H32FN7O3. The third-order valence-corrected chi connectivity index (χ3v) is 8.10. The number of aromatic nitrogens is 5. The zero-order chi connectivity index (χ0) is 28.2. The highest BCUT2D eigenvalue weighted by atomic mass is 19.1. The molecule has 1 aliphatic heterocycles. The van der Waals surface area contributed by atoms with E-state index in [1.807, 2.05) is 25.2 Å². The average molecular weight is 558 g/mol. The Labute approximate surface area is 235 Å². The summed E-state index contributed by atoms with van der Waals surface area (Å²) < 4.78 is 29.2. The Balaban J connectivity index is 1.30. The second kappa shape index (κ2) is 9.99. The molecule has 3 aromatic heterocycles. The molecular weight excluding hydrogens is 525 g/mol. The fraction of sp³-hybridized carbons (Fsp3) is 0.400. The Morgan fingerprint density at radius 2 is 2.07 bits per heavy atom. The minimum atomic E-state index is -0.677. The van der Waals surface area contributed by atoms with Gasteiger partial charge in [0.15, 0.2) is 12.4 Å². The van der Waals surface area contributed by atoms with Crippen molar-refractivity contribution in [1.82, 2.24) is 29.2 Å². The highest BCUT2D eigenvalue weighted by Gasteiger charge is 2.29. The molecule has 0 radical (unpaired) electrons. The molecule has 1 amide bonds. The SMILES string of the molecule is Cc1nnc(COc2cccc3cc(-c4nc5cc6c(cc5n4C)CCN(C[C@H](N)CF)C6=O)n(CC4CC4)c23)o1. The number of nitrogens with two attached hydrogens (primary N) is 1. The normalized spacial score (nSPS) is 16.1. The first-order valence-electron chi connectivity index (χ1n) is 14.0.